The van der Waals surface area contributed by atoms with Gasteiger partial charge in [-0.2, -0.15) is 4.68 Å². The zero-order valence-electron chi connectivity index (χ0n) is 28.3. The molecule has 0 saturated heterocycles. The summed E-state index contributed by atoms with van der Waals surface area (Å²) in [4.78, 5) is 66.0. The monoisotopic (exact) mass is 800 g/mol. The van der Waals surface area contributed by atoms with Gasteiger partial charge in [-0.15, -0.1) is 32.9 Å². The van der Waals surface area contributed by atoms with Crippen molar-refractivity contribution in [3.63, 3.8) is 0 Å². The van der Waals surface area contributed by atoms with Crippen LogP contribution in [0.4, 0.5) is 0 Å². The highest BCUT2D eigenvalue weighted by atomic mass is 35.5. The van der Waals surface area contributed by atoms with E-state index in [4.69, 9.17) is 32.0 Å². The number of aryl methyl sites for hydroxylation is 5. The Kier molecular flexibility index (Phi) is 11.6. The summed E-state index contributed by atoms with van der Waals surface area (Å²) in [6.07, 6.45) is 8.73. The molecule has 53 heavy (non-hydrogen) atoms. The van der Waals surface area contributed by atoms with E-state index in [0.717, 1.165) is 15.6 Å². The smallest absolute Gasteiger partial charge is 0.390 e. The van der Waals surface area contributed by atoms with E-state index in [1.807, 2.05) is 18.2 Å². The van der Waals surface area contributed by atoms with Crippen LogP contribution < -0.4 is 22.6 Å². The van der Waals surface area contributed by atoms with Gasteiger partial charge in [0.15, 0.2) is 22.3 Å². The van der Waals surface area contributed by atoms with E-state index in [-0.39, 0.29) is 36.0 Å². The maximum absolute atomic E-state index is 12.5. The first-order valence-electron chi connectivity index (χ1n) is 15.8. The van der Waals surface area contributed by atoms with E-state index in [9.17, 15) is 19.2 Å². The molecule has 1 N–H and O–H groups in total. The van der Waals surface area contributed by atoms with E-state index in [0.29, 0.717) is 39.6 Å². The number of halogens is 2. The van der Waals surface area contributed by atoms with Crippen molar-refractivity contribution in [1.29, 1.82) is 0 Å². The van der Waals surface area contributed by atoms with E-state index in [1.165, 1.54) is 61.8 Å². The van der Waals surface area contributed by atoms with Crippen LogP contribution in [0.3, 0.4) is 0 Å². The second-order valence-corrected chi connectivity index (χ2v) is 14.9. The minimum Gasteiger partial charge on any atom is -0.390 e. The molecule has 276 valence electrons. The quantitative estimate of drug-likeness (QED) is 0.222. The molecule has 8 heterocycles. The summed E-state index contributed by atoms with van der Waals surface area (Å²) in [6.45, 7) is 2.59. The van der Waals surface area contributed by atoms with Crippen molar-refractivity contribution in [3.05, 3.63) is 122 Å². The predicted octanol–water partition coefficient (Wildman–Crippen LogP) is 3.49. The summed E-state index contributed by atoms with van der Waals surface area (Å²) in [5.41, 5.74) is 0.961. The maximum Gasteiger partial charge on any atom is 0.437 e. The van der Waals surface area contributed by atoms with Gasteiger partial charge >= 0.3 is 11.5 Å². The molecule has 0 fully saturated rings. The number of hydrogen-bond donors (Lipinski definition) is 1. The molecule has 22 heteroatoms. The average molecular weight is 802 g/mol. The molecule has 0 atom stereocenters. The molecular weight excluding hydrogens is 771 g/mol. The van der Waals surface area contributed by atoms with Crippen LogP contribution >= 0.6 is 45.9 Å². The Morgan fingerprint density at radius 1 is 0.717 bits per heavy atom. The lowest BCUT2D eigenvalue weighted by Crippen LogP contribution is -2.22. The van der Waals surface area contributed by atoms with Crippen molar-refractivity contribution in [2.24, 2.45) is 14.1 Å². The molecule has 8 rings (SSSR count). The summed E-state index contributed by atoms with van der Waals surface area (Å²) >= 11 is 14.7. The van der Waals surface area contributed by atoms with Crippen LogP contribution in [0.1, 0.15) is 34.9 Å². The third-order valence-corrected chi connectivity index (χ3v) is 10.0. The lowest BCUT2D eigenvalue weighted by molar-refractivity contribution is 0.434. The van der Waals surface area contributed by atoms with Crippen LogP contribution in [0.2, 0.25) is 8.67 Å². The van der Waals surface area contributed by atoms with Crippen molar-refractivity contribution in [2.45, 2.75) is 45.8 Å². The van der Waals surface area contributed by atoms with Gasteiger partial charge in [0.05, 0.1) is 27.9 Å². The maximum atomic E-state index is 12.5. The van der Waals surface area contributed by atoms with E-state index in [2.05, 4.69) is 48.2 Å². The fraction of sp³-hybridized carbons (Fsp3) is 0.290. The summed E-state index contributed by atoms with van der Waals surface area (Å²) in [7, 11) is 3.42. The van der Waals surface area contributed by atoms with Gasteiger partial charge in [0.1, 0.15) is 25.7 Å². The highest BCUT2D eigenvalue weighted by molar-refractivity contribution is 7.16. The number of nitrogens with one attached hydrogen (secondary N) is 1. The minimum absolute atomic E-state index is 0.0139. The van der Waals surface area contributed by atoms with Crippen molar-refractivity contribution >= 4 is 68.2 Å². The fourth-order valence-corrected chi connectivity index (χ4v) is 7.24. The van der Waals surface area contributed by atoms with Crippen molar-refractivity contribution in [3.8, 4) is 0 Å². The number of aromatic nitrogens is 12. The second-order valence-electron chi connectivity index (χ2n) is 11.3. The number of rotatable bonds is 9. The van der Waals surface area contributed by atoms with Gasteiger partial charge in [-0.3, -0.25) is 18.7 Å². The molecule has 0 aliphatic rings. The second kappa shape index (κ2) is 16.5. The highest BCUT2D eigenvalue weighted by Crippen LogP contribution is 2.22. The summed E-state index contributed by atoms with van der Waals surface area (Å²) in [6, 6.07) is 7.77. The third-order valence-electron chi connectivity index (χ3n) is 7.47. The van der Waals surface area contributed by atoms with Crippen LogP contribution in [0.25, 0.3) is 22.3 Å². The number of nitrogens with zero attached hydrogens (tertiary/aromatic N) is 11. The fourth-order valence-electron chi connectivity index (χ4n) is 4.98. The minimum atomic E-state index is -0.660. The van der Waals surface area contributed by atoms with Crippen LogP contribution in [-0.2, 0) is 46.6 Å². The highest BCUT2D eigenvalue weighted by Gasteiger charge is 2.14. The Hall–Kier alpha value is -5.44. The zero-order chi connectivity index (χ0) is 37.6. The zero-order valence-corrected chi connectivity index (χ0v) is 31.4. The Morgan fingerprint density at radius 2 is 1.25 bits per heavy atom. The SMILES string of the molecule is CCCc1ccc(Cl)s1.Cn1cnc2ncn(Cc3n[nH]c(=O)o3)c(=O)c21.Cn1cnc2ncn(Cc3nn(CCc4ccc(Cl)s4)c(=O)o3)c(=O)c21. The Balaban J connectivity index is 0.000000153. The molecular formula is C31H30Cl2N12O6S2. The lowest BCUT2D eigenvalue weighted by Gasteiger charge is -2.02. The molecule has 0 aromatic carbocycles. The largest absolute Gasteiger partial charge is 0.437 e. The topological polar surface area (TPSA) is 212 Å². The number of H-pyrrole nitrogens is 1. The number of hydrogen-bond acceptors (Lipinski definition) is 14. The van der Waals surface area contributed by atoms with Gasteiger partial charge < -0.3 is 18.0 Å². The molecule has 0 unspecified atom stereocenters. The molecule has 8 aromatic heterocycles. The van der Waals surface area contributed by atoms with Gasteiger partial charge in [0.2, 0.25) is 11.8 Å². The molecule has 0 aliphatic carbocycles. The average Bonchev–Trinajstić information content (AvgIpc) is 3.99. The van der Waals surface area contributed by atoms with Gasteiger partial charge in [-0.1, -0.05) is 36.5 Å². The van der Waals surface area contributed by atoms with Crippen LogP contribution in [-0.4, -0.2) is 58.2 Å². The van der Waals surface area contributed by atoms with Crippen LogP contribution in [0.5, 0.6) is 0 Å². The van der Waals surface area contributed by atoms with E-state index in [1.54, 1.807) is 34.6 Å². The predicted molar refractivity (Wildman–Crippen MR) is 198 cm³/mol. The van der Waals surface area contributed by atoms with Crippen LogP contribution in [0.15, 0.2) is 77.6 Å². The first-order chi connectivity index (χ1) is 25.5. The van der Waals surface area contributed by atoms with Crippen molar-refractivity contribution < 1.29 is 8.83 Å². The van der Waals surface area contributed by atoms with Gasteiger partial charge in [0.25, 0.3) is 11.1 Å². The molecule has 0 radical (unpaired) electrons. The molecule has 0 amide bonds. The molecule has 0 aliphatic heterocycles. The van der Waals surface area contributed by atoms with Crippen molar-refractivity contribution in [2.75, 3.05) is 0 Å². The molecule has 8 aromatic rings. The van der Waals surface area contributed by atoms with E-state index < -0.39 is 11.5 Å². The molecule has 18 nitrogen and oxygen atoms in total. The Bertz CT molecular complexity index is 2730. The van der Waals surface area contributed by atoms with Gasteiger partial charge in [-0.25, -0.2) is 34.6 Å². The van der Waals surface area contributed by atoms with Gasteiger partial charge in [0, 0.05) is 30.3 Å². The number of fused-ring (bicyclic) bond motifs is 2. The number of aromatic amines is 1. The summed E-state index contributed by atoms with van der Waals surface area (Å²) < 4.78 is 18.5. The van der Waals surface area contributed by atoms with Crippen LogP contribution in [0, 0.1) is 0 Å². The number of thiophene rings is 2. The standard InChI is InChI=1S/C15H13ClN6O3S.C9H8N6O3.C7H9ClS/c1-20-7-17-13-12(20)14(23)21(8-18-13)6-11-19-22(15(24)25-11)5-4-9-2-3-10(16)26-9;1-14-3-10-7-6(14)8(16)15(4-11-7)2-5-12-13-9(17)18-5;1-2-3-6-4-5-7(8)9-6/h2-3,7-8H,4-6H2,1H3;3-4H,2H2,1H3,(H,13,17);4-5H,2-3H2,1H3. The number of imidazole rings is 2. The third kappa shape index (κ3) is 8.96. The van der Waals surface area contributed by atoms with E-state index >= 15 is 0 Å². The normalized spacial score (nSPS) is 11.1. The summed E-state index contributed by atoms with van der Waals surface area (Å²) in [5, 5.41) is 9.91. The first-order valence-corrected chi connectivity index (χ1v) is 18.2. The Morgan fingerprint density at radius 3 is 1.74 bits per heavy atom. The van der Waals surface area contributed by atoms with Crippen molar-refractivity contribution in [1.82, 2.24) is 58.2 Å². The summed E-state index contributed by atoms with van der Waals surface area (Å²) in [5.74, 6) is -0.965. The molecule has 0 saturated carbocycles. The van der Waals surface area contributed by atoms with Gasteiger partial charge in [-0.05, 0) is 30.7 Å². The first kappa shape index (κ1) is 37.3. The Labute approximate surface area is 315 Å². The molecule has 0 bridgehead atoms. The lowest BCUT2D eigenvalue weighted by atomic mass is 10.3. The molecule has 0 spiro atoms.